The van der Waals surface area contributed by atoms with Crippen LogP contribution in [0.3, 0.4) is 0 Å². The van der Waals surface area contributed by atoms with Crippen molar-refractivity contribution in [2.24, 2.45) is 0 Å². The smallest absolute Gasteiger partial charge is 0.339 e. The fourth-order valence-electron chi connectivity index (χ4n) is 1.70. The number of hydrogen-bond donors (Lipinski definition) is 1. The number of hydrogen-bond acceptors (Lipinski definition) is 3. The van der Waals surface area contributed by atoms with E-state index in [9.17, 15) is 4.79 Å². The number of ether oxygens (including phenoxy) is 2. The van der Waals surface area contributed by atoms with Crippen LogP contribution in [0.2, 0.25) is 0 Å². The molecule has 0 radical (unpaired) electrons. The van der Waals surface area contributed by atoms with Gasteiger partial charge in [0.2, 0.25) is 0 Å². The molecule has 0 heterocycles. The third-order valence-corrected chi connectivity index (χ3v) is 3.36. The minimum Gasteiger partial charge on any atom is -0.497 e. The molecule has 0 saturated heterocycles. The lowest BCUT2D eigenvalue weighted by atomic mass is 10.2. The van der Waals surface area contributed by atoms with Crippen LogP contribution in [-0.4, -0.2) is 18.2 Å². The van der Waals surface area contributed by atoms with Crippen molar-refractivity contribution < 1.29 is 19.4 Å². The third-order valence-electron chi connectivity index (χ3n) is 2.74. The van der Waals surface area contributed by atoms with E-state index >= 15 is 0 Å². The Bertz CT molecular complexity index is 608. The average Bonchev–Trinajstić information content (AvgIpc) is 2.46. The Kier molecular flexibility index (Phi) is 4.63. The molecule has 4 nitrogen and oxygen atoms in total. The molecule has 0 aliphatic rings. The van der Waals surface area contributed by atoms with Crippen LogP contribution in [0.4, 0.5) is 0 Å². The lowest BCUT2D eigenvalue weighted by Gasteiger charge is -2.11. The molecule has 2 aromatic rings. The molecule has 0 unspecified atom stereocenters. The molecular weight excluding hydrogens is 324 g/mol. The fourth-order valence-corrected chi connectivity index (χ4v) is 2.18. The van der Waals surface area contributed by atoms with E-state index in [-0.39, 0.29) is 12.2 Å². The number of carboxylic acid groups (broad SMARTS) is 1. The van der Waals surface area contributed by atoms with E-state index in [1.54, 1.807) is 19.2 Å². The van der Waals surface area contributed by atoms with Crippen molar-refractivity contribution in [3.63, 3.8) is 0 Å². The first-order valence-corrected chi connectivity index (χ1v) is 6.68. The van der Waals surface area contributed by atoms with E-state index < -0.39 is 5.97 Å². The molecule has 1 N–H and O–H groups in total. The molecule has 20 heavy (non-hydrogen) atoms. The molecule has 2 aromatic carbocycles. The van der Waals surface area contributed by atoms with Crippen molar-refractivity contribution in [1.82, 2.24) is 0 Å². The van der Waals surface area contributed by atoms with Gasteiger partial charge in [-0.15, -0.1) is 0 Å². The van der Waals surface area contributed by atoms with Crippen LogP contribution >= 0.6 is 15.9 Å². The largest absolute Gasteiger partial charge is 0.497 e. The van der Waals surface area contributed by atoms with Gasteiger partial charge >= 0.3 is 5.97 Å². The summed E-state index contributed by atoms with van der Waals surface area (Å²) in [4.78, 5) is 11.2. The van der Waals surface area contributed by atoms with E-state index in [0.717, 1.165) is 11.3 Å². The zero-order chi connectivity index (χ0) is 14.5. The maximum atomic E-state index is 11.2. The molecule has 5 heteroatoms. The molecule has 0 aliphatic heterocycles. The zero-order valence-corrected chi connectivity index (χ0v) is 12.4. The molecule has 104 valence electrons. The summed E-state index contributed by atoms with van der Waals surface area (Å²) in [5.41, 5.74) is 1.06. The molecule has 0 saturated carbocycles. The number of para-hydroxylation sites is 1. The molecule has 0 spiro atoms. The molecule has 2 rings (SSSR count). The van der Waals surface area contributed by atoms with E-state index in [1.165, 1.54) is 6.07 Å². The molecule has 0 aromatic heterocycles. The molecule has 0 amide bonds. The predicted molar refractivity (Wildman–Crippen MR) is 78.4 cm³/mol. The van der Waals surface area contributed by atoms with Crippen LogP contribution in [0.5, 0.6) is 11.5 Å². The van der Waals surface area contributed by atoms with Crippen molar-refractivity contribution in [3.8, 4) is 11.5 Å². The summed E-state index contributed by atoms with van der Waals surface area (Å²) in [6.07, 6.45) is 0. The molecule has 0 aliphatic carbocycles. The Morgan fingerprint density at radius 3 is 2.50 bits per heavy atom. The van der Waals surface area contributed by atoms with Crippen LogP contribution < -0.4 is 9.47 Å². The number of methoxy groups -OCH3 is 1. The first-order chi connectivity index (χ1) is 9.61. The summed E-state index contributed by atoms with van der Waals surface area (Å²) in [7, 11) is 1.60. The highest BCUT2D eigenvalue weighted by molar-refractivity contribution is 9.10. The van der Waals surface area contributed by atoms with Gasteiger partial charge in [0.15, 0.2) is 0 Å². The molecule has 0 atom stereocenters. The van der Waals surface area contributed by atoms with Gasteiger partial charge in [-0.05, 0) is 45.8 Å². The van der Waals surface area contributed by atoms with Gasteiger partial charge in [-0.2, -0.15) is 0 Å². The van der Waals surface area contributed by atoms with Gasteiger partial charge in [-0.1, -0.05) is 18.2 Å². The van der Waals surface area contributed by atoms with Crippen LogP contribution in [0.25, 0.3) is 0 Å². The Morgan fingerprint density at radius 2 is 1.90 bits per heavy atom. The normalized spacial score (nSPS) is 10.1. The minimum absolute atomic E-state index is 0.132. The molecule has 0 bridgehead atoms. The van der Waals surface area contributed by atoms with Gasteiger partial charge in [-0.25, -0.2) is 4.79 Å². The maximum Gasteiger partial charge on any atom is 0.339 e. The number of carbonyl (C=O) groups is 1. The number of halogens is 1. The average molecular weight is 337 g/mol. The van der Waals surface area contributed by atoms with Gasteiger partial charge in [0.1, 0.15) is 23.7 Å². The quantitative estimate of drug-likeness (QED) is 0.903. The van der Waals surface area contributed by atoms with E-state index in [1.807, 2.05) is 24.3 Å². The monoisotopic (exact) mass is 336 g/mol. The molecule has 0 fully saturated rings. The predicted octanol–water partition coefficient (Wildman–Crippen LogP) is 3.73. The first kappa shape index (κ1) is 14.4. The molecular formula is C15H13BrO4. The second kappa shape index (κ2) is 6.43. The lowest BCUT2D eigenvalue weighted by molar-refractivity contribution is 0.0691. The van der Waals surface area contributed by atoms with Crippen molar-refractivity contribution in [2.75, 3.05) is 7.11 Å². The SMILES string of the molecule is COc1ccc(COc2c(Br)cccc2C(=O)O)cc1. The number of aromatic carboxylic acids is 1. The van der Waals surface area contributed by atoms with Crippen LogP contribution in [0.1, 0.15) is 15.9 Å². The van der Waals surface area contributed by atoms with Crippen molar-refractivity contribution in [1.29, 1.82) is 0 Å². The van der Waals surface area contributed by atoms with Gasteiger partial charge in [-0.3, -0.25) is 0 Å². The summed E-state index contributed by atoms with van der Waals surface area (Å²) < 4.78 is 11.3. The third kappa shape index (κ3) is 3.30. The standard InChI is InChI=1S/C15H13BrO4/c1-19-11-7-5-10(6-8-11)9-20-14-12(15(17)18)3-2-4-13(14)16/h2-8H,9H2,1H3,(H,17,18). The Balaban J connectivity index is 2.16. The maximum absolute atomic E-state index is 11.2. The second-order valence-corrected chi connectivity index (χ2v) is 4.91. The minimum atomic E-state index is -1.02. The Hall–Kier alpha value is -2.01. The number of rotatable bonds is 5. The van der Waals surface area contributed by atoms with E-state index in [0.29, 0.717) is 10.2 Å². The lowest BCUT2D eigenvalue weighted by Crippen LogP contribution is -2.04. The van der Waals surface area contributed by atoms with Gasteiger partial charge in [0.25, 0.3) is 0 Å². The summed E-state index contributed by atoms with van der Waals surface area (Å²) in [6, 6.07) is 12.3. The van der Waals surface area contributed by atoms with Gasteiger partial charge < -0.3 is 14.6 Å². The van der Waals surface area contributed by atoms with Gasteiger partial charge in [0.05, 0.1) is 11.6 Å². The van der Waals surface area contributed by atoms with Crippen LogP contribution in [-0.2, 0) is 6.61 Å². The number of benzene rings is 2. The fraction of sp³-hybridized carbons (Fsp3) is 0.133. The summed E-state index contributed by atoms with van der Waals surface area (Å²) >= 11 is 3.30. The summed E-state index contributed by atoms with van der Waals surface area (Å²) in [5.74, 6) is 0.0766. The Morgan fingerprint density at radius 1 is 1.20 bits per heavy atom. The Labute approximate surface area is 125 Å². The summed E-state index contributed by atoms with van der Waals surface area (Å²) in [6.45, 7) is 0.285. The van der Waals surface area contributed by atoms with E-state index in [4.69, 9.17) is 14.6 Å². The highest BCUT2D eigenvalue weighted by Gasteiger charge is 2.14. The highest BCUT2D eigenvalue weighted by atomic mass is 79.9. The van der Waals surface area contributed by atoms with Crippen molar-refractivity contribution in [3.05, 3.63) is 58.1 Å². The van der Waals surface area contributed by atoms with Crippen LogP contribution in [0, 0.1) is 0 Å². The number of carboxylic acids is 1. The zero-order valence-electron chi connectivity index (χ0n) is 10.8. The van der Waals surface area contributed by atoms with Crippen molar-refractivity contribution >= 4 is 21.9 Å². The second-order valence-electron chi connectivity index (χ2n) is 4.06. The summed E-state index contributed by atoms with van der Waals surface area (Å²) in [5, 5.41) is 9.14. The van der Waals surface area contributed by atoms with Gasteiger partial charge in [0, 0.05) is 0 Å². The highest BCUT2D eigenvalue weighted by Crippen LogP contribution is 2.30. The topological polar surface area (TPSA) is 55.8 Å². The van der Waals surface area contributed by atoms with E-state index in [2.05, 4.69) is 15.9 Å². The van der Waals surface area contributed by atoms with Crippen LogP contribution in [0.15, 0.2) is 46.9 Å². The first-order valence-electron chi connectivity index (χ1n) is 5.89. The van der Waals surface area contributed by atoms with Crippen molar-refractivity contribution in [2.45, 2.75) is 6.61 Å².